The van der Waals surface area contributed by atoms with Crippen molar-refractivity contribution in [3.63, 3.8) is 0 Å². The standard InChI is InChI=1S/C36H64S3/c1-5-13-31(14-6-1)38(32-15-7-2-8-16-32)35-25-21-29(22-26-35)37-30-23-27-36(28-24-30)39(33-17-9-3-10-18-33)34-19-11-4-12-20-34/h29-36H,1-28H2/q+2/p+1. The van der Waals surface area contributed by atoms with Crippen molar-refractivity contribution in [2.75, 3.05) is 0 Å². The predicted octanol–water partition coefficient (Wildman–Crippen LogP) is 9.99. The van der Waals surface area contributed by atoms with Gasteiger partial charge in [-0.05, 0) is 188 Å². The fourth-order valence-electron chi connectivity index (χ4n) is 10.2. The zero-order chi connectivity index (χ0) is 26.3. The smallest absolute Gasteiger partial charge is 0.0529 e. The molecule has 0 aromatic rings. The van der Waals surface area contributed by atoms with E-state index in [-0.39, 0.29) is 0 Å². The molecule has 0 saturated heterocycles. The summed E-state index contributed by atoms with van der Waals surface area (Å²) in [6, 6.07) is 0. The third-order valence-corrected chi connectivity index (χ3v) is 21.6. The molecule has 0 N–H and O–H groups in total. The zero-order valence-electron chi connectivity index (χ0n) is 25.7. The Labute approximate surface area is 254 Å². The summed E-state index contributed by atoms with van der Waals surface area (Å²) in [6.45, 7) is 0. The average molecular weight is 594 g/mol. The topological polar surface area (TPSA) is 0 Å². The van der Waals surface area contributed by atoms with E-state index >= 15 is 0 Å². The average Bonchev–Trinajstić information content (AvgIpc) is 3.01. The summed E-state index contributed by atoms with van der Waals surface area (Å²) < 4.78 is 0. The van der Waals surface area contributed by atoms with Crippen LogP contribution in [0.4, 0.5) is 0 Å². The van der Waals surface area contributed by atoms with E-state index in [2.05, 4.69) is 0 Å². The third kappa shape index (κ3) is 8.16. The van der Waals surface area contributed by atoms with Crippen LogP contribution in [0.1, 0.15) is 180 Å². The van der Waals surface area contributed by atoms with E-state index in [0.717, 1.165) is 63.8 Å². The Bertz CT molecular complexity index is 575. The summed E-state index contributed by atoms with van der Waals surface area (Å²) in [6.07, 6.45) is 44.3. The summed E-state index contributed by atoms with van der Waals surface area (Å²) in [5.41, 5.74) is 0. The quantitative estimate of drug-likeness (QED) is 0.194. The number of hydrogen-bond acceptors (Lipinski definition) is 0. The van der Waals surface area contributed by atoms with E-state index in [1.54, 1.807) is 154 Å². The molecule has 0 unspecified atom stereocenters. The molecule has 0 amide bonds. The largest absolute Gasteiger partial charge is 0.119 e. The molecule has 224 valence electrons. The Morgan fingerprint density at radius 1 is 0.256 bits per heavy atom. The molecule has 0 atom stereocenters. The Morgan fingerprint density at radius 2 is 0.487 bits per heavy atom. The van der Waals surface area contributed by atoms with Gasteiger partial charge < -0.3 is 0 Å². The van der Waals surface area contributed by atoms with Crippen molar-refractivity contribution in [1.82, 2.24) is 0 Å². The molecule has 0 nitrogen and oxygen atoms in total. The molecule has 6 saturated carbocycles. The summed E-state index contributed by atoms with van der Waals surface area (Å²) in [5, 5.41) is 8.95. The van der Waals surface area contributed by atoms with Gasteiger partial charge in [-0.1, -0.05) is 25.7 Å². The van der Waals surface area contributed by atoms with E-state index in [0.29, 0.717) is 0 Å². The molecule has 6 fully saturated rings. The second-order valence-electron chi connectivity index (χ2n) is 14.9. The second kappa shape index (κ2) is 15.7. The maximum atomic E-state index is 1.92. The fourth-order valence-corrected chi connectivity index (χ4v) is 20.4. The van der Waals surface area contributed by atoms with E-state index in [4.69, 9.17) is 0 Å². The molecule has 39 heavy (non-hydrogen) atoms. The molecule has 3 heteroatoms. The SMILES string of the molecule is C1CCC([S+](C2CCCCC2)C2CCC([SH+]C3CCC([S+](C4CCCCC4)C4CCCCC4)CC3)CC2)CC1. The highest BCUT2D eigenvalue weighted by molar-refractivity contribution is 7.99. The van der Waals surface area contributed by atoms with Gasteiger partial charge >= 0.3 is 0 Å². The van der Waals surface area contributed by atoms with Gasteiger partial charge in [0.15, 0.2) is 0 Å². The summed E-state index contributed by atoms with van der Waals surface area (Å²) >= 11 is 1.92. The first kappa shape index (κ1) is 30.1. The van der Waals surface area contributed by atoms with Crippen LogP contribution in [0, 0.1) is 0 Å². The van der Waals surface area contributed by atoms with Crippen LogP contribution in [0.5, 0.6) is 0 Å². The lowest BCUT2D eigenvalue weighted by Gasteiger charge is -2.38. The number of hydrogen-bond donors (Lipinski definition) is 0. The normalized spacial score (nSPS) is 35.5. The van der Waals surface area contributed by atoms with E-state index in [9.17, 15) is 0 Å². The van der Waals surface area contributed by atoms with Crippen LogP contribution in [0.25, 0.3) is 0 Å². The van der Waals surface area contributed by atoms with Crippen LogP contribution < -0.4 is 0 Å². The number of rotatable bonds is 8. The monoisotopic (exact) mass is 593 g/mol. The molecule has 0 aliphatic heterocycles. The minimum absolute atomic E-state index is 0.777. The summed E-state index contributed by atoms with van der Waals surface area (Å²) in [4.78, 5) is 0. The maximum absolute atomic E-state index is 1.92. The van der Waals surface area contributed by atoms with Crippen molar-refractivity contribution in [2.24, 2.45) is 0 Å². The zero-order valence-corrected chi connectivity index (χ0v) is 28.2. The lowest BCUT2D eigenvalue weighted by atomic mass is 9.98. The molecule has 6 rings (SSSR count). The Hall–Kier alpha value is 1.05. The summed E-state index contributed by atoms with van der Waals surface area (Å²) in [7, 11) is 1.55. The molecular formula is C36H65S3+3. The first-order valence-electron chi connectivity index (χ1n) is 18.5. The minimum atomic E-state index is 0.777. The molecule has 6 aliphatic rings. The first-order valence-corrected chi connectivity index (χ1v) is 22.3. The summed E-state index contributed by atoms with van der Waals surface area (Å²) in [5.74, 6) is 0. The van der Waals surface area contributed by atoms with E-state index < -0.39 is 0 Å². The lowest BCUT2D eigenvalue weighted by Crippen LogP contribution is -2.46. The van der Waals surface area contributed by atoms with Crippen molar-refractivity contribution in [1.29, 1.82) is 0 Å². The maximum Gasteiger partial charge on any atom is 0.119 e. The van der Waals surface area contributed by atoms with Crippen molar-refractivity contribution in [3.8, 4) is 0 Å². The molecule has 0 heterocycles. The highest BCUT2D eigenvalue weighted by Gasteiger charge is 2.49. The van der Waals surface area contributed by atoms with Gasteiger partial charge in [0.2, 0.25) is 0 Å². The molecule has 0 aromatic carbocycles. The van der Waals surface area contributed by atoms with Crippen LogP contribution in [0.15, 0.2) is 0 Å². The molecule has 0 spiro atoms. The van der Waals surface area contributed by atoms with Gasteiger partial charge in [-0.2, -0.15) is 0 Å². The fraction of sp³-hybridized carbons (Fsp3) is 1.00. The highest BCUT2D eigenvalue weighted by Crippen LogP contribution is 2.43. The van der Waals surface area contributed by atoms with Crippen molar-refractivity contribution in [3.05, 3.63) is 0 Å². The van der Waals surface area contributed by atoms with Gasteiger partial charge in [-0.3, -0.25) is 0 Å². The molecule has 0 radical (unpaired) electrons. The molecule has 0 bridgehead atoms. The molecule has 0 aromatic heterocycles. The van der Waals surface area contributed by atoms with Crippen LogP contribution in [-0.4, -0.2) is 42.0 Å². The van der Waals surface area contributed by atoms with Crippen LogP contribution in [-0.2, 0) is 33.6 Å². The first-order chi connectivity index (χ1) is 19.3. The second-order valence-corrected chi connectivity index (χ2v) is 22.3. The van der Waals surface area contributed by atoms with Crippen molar-refractivity contribution < 1.29 is 0 Å². The van der Waals surface area contributed by atoms with E-state index in [1.165, 1.54) is 25.7 Å². The Morgan fingerprint density at radius 3 is 0.744 bits per heavy atom. The van der Waals surface area contributed by atoms with Gasteiger partial charge in [0.1, 0.15) is 42.0 Å². The minimum Gasteiger partial charge on any atom is -0.0529 e. The van der Waals surface area contributed by atoms with Crippen LogP contribution in [0.2, 0.25) is 0 Å². The van der Waals surface area contributed by atoms with E-state index in [1.807, 2.05) is 11.8 Å². The highest BCUT2D eigenvalue weighted by atomic mass is 32.2. The van der Waals surface area contributed by atoms with Gasteiger partial charge in [0.25, 0.3) is 0 Å². The van der Waals surface area contributed by atoms with Gasteiger partial charge in [0.05, 0.1) is 0 Å². The van der Waals surface area contributed by atoms with Crippen molar-refractivity contribution >= 4 is 33.6 Å². The Balaban J connectivity index is 0.986. The van der Waals surface area contributed by atoms with Gasteiger partial charge in [0, 0.05) is 0 Å². The number of thiol groups is 1. The molecule has 6 aliphatic carbocycles. The lowest BCUT2D eigenvalue weighted by molar-refractivity contribution is 0.463. The van der Waals surface area contributed by atoms with Crippen molar-refractivity contribution in [2.45, 2.75) is 222 Å². The Kier molecular flexibility index (Phi) is 12.1. The molecular weight excluding hydrogens is 529 g/mol. The van der Waals surface area contributed by atoms with Gasteiger partial charge in [-0.15, -0.1) is 0 Å². The predicted molar refractivity (Wildman–Crippen MR) is 183 cm³/mol. The van der Waals surface area contributed by atoms with Crippen LogP contribution in [0.3, 0.4) is 0 Å². The van der Waals surface area contributed by atoms with Gasteiger partial charge in [-0.25, -0.2) is 0 Å². The third-order valence-electron chi connectivity index (χ3n) is 12.2. The van der Waals surface area contributed by atoms with Crippen LogP contribution >= 0.6 is 0 Å².